The number of hydrogen-bond acceptors (Lipinski definition) is 4. The first-order valence-electron chi connectivity index (χ1n) is 13.6. The van der Waals surface area contributed by atoms with E-state index in [1.807, 2.05) is 12.1 Å². The summed E-state index contributed by atoms with van der Waals surface area (Å²) < 4.78 is 12.0. The second kappa shape index (κ2) is 16.8. The number of benzene rings is 2. The summed E-state index contributed by atoms with van der Waals surface area (Å²) in [5.41, 5.74) is 3.88. The Balaban J connectivity index is 2.25. The van der Waals surface area contributed by atoms with Crippen molar-refractivity contribution in [2.45, 2.75) is 79.1 Å². The van der Waals surface area contributed by atoms with E-state index in [0.29, 0.717) is 24.5 Å². The Kier molecular flexibility index (Phi) is 13.7. The molecule has 4 nitrogen and oxygen atoms in total. The van der Waals surface area contributed by atoms with Gasteiger partial charge < -0.3 is 14.4 Å². The first-order chi connectivity index (χ1) is 17.2. The molecule has 0 aliphatic rings. The maximum atomic E-state index is 11.7. The minimum Gasteiger partial charge on any atom is -0.493 e. The zero-order valence-electron chi connectivity index (χ0n) is 22.4. The minimum atomic E-state index is 0.536. The molecule has 2 rings (SSSR count). The second-order valence-electron chi connectivity index (χ2n) is 9.07. The fourth-order valence-electron chi connectivity index (χ4n) is 3.77. The van der Waals surface area contributed by atoms with Crippen LogP contribution in [-0.2, 0) is 0 Å². The van der Waals surface area contributed by atoms with E-state index in [2.05, 4.69) is 69.0 Å². The maximum Gasteiger partial charge on any atom is 0.153 e. The van der Waals surface area contributed by atoms with Crippen LogP contribution in [0.2, 0.25) is 0 Å². The minimum absolute atomic E-state index is 0.536. The Morgan fingerprint density at radius 1 is 0.686 bits per heavy atom. The Bertz CT molecular complexity index is 881. The lowest BCUT2D eigenvalue weighted by Crippen LogP contribution is -2.25. The fourth-order valence-corrected chi connectivity index (χ4v) is 3.77. The van der Waals surface area contributed by atoms with Crippen LogP contribution in [0.4, 0.5) is 5.69 Å². The van der Waals surface area contributed by atoms with Crippen LogP contribution in [-0.4, -0.2) is 32.6 Å². The van der Waals surface area contributed by atoms with E-state index in [9.17, 15) is 4.79 Å². The third kappa shape index (κ3) is 9.79. The van der Waals surface area contributed by atoms with Gasteiger partial charge in [-0.2, -0.15) is 0 Å². The van der Waals surface area contributed by atoms with Gasteiger partial charge in [0.2, 0.25) is 0 Å². The van der Waals surface area contributed by atoms with Gasteiger partial charge in [0.1, 0.15) is 11.5 Å². The van der Waals surface area contributed by atoms with E-state index in [-0.39, 0.29) is 0 Å². The largest absolute Gasteiger partial charge is 0.493 e. The summed E-state index contributed by atoms with van der Waals surface area (Å²) in [6, 6.07) is 12.5. The molecule has 192 valence electrons. The van der Waals surface area contributed by atoms with Crippen molar-refractivity contribution in [3.05, 3.63) is 53.1 Å². The van der Waals surface area contributed by atoms with Gasteiger partial charge in [0.25, 0.3) is 0 Å². The van der Waals surface area contributed by atoms with Crippen LogP contribution in [0.15, 0.2) is 36.4 Å². The summed E-state index contributed by atoms with van der Waals surface area (Å²) in [5, 5.41) is 0. The first-order valence-corrected chi connectivity index (χ1v) is 13.6. The average molecular weight is 480 g/mol. The van der Waals surface area contributed by atoms with Gasteiger partial charge in [-0.25, -0.2) is 0 Å². The number of anilines is 1. The molecule has 2 aromatic carbocycles. The number of nitrogens with zero attached hydrogens (tertiary/aromatic N) is 1. The molecule has 0 fully saturated rings. The van der Waals surface area contributed by atoms with Crippen molar-refractivity contribution in [2.75, 3.05) is 31.2 Å². The topological polar surface area (TPSA) is 38.8 Å². The quantitative estimate of drug-likeness (QED) is 0.122. The highest BCUT2D eigenvalue weighted by atomic mass is 16.5. The molecule has 0 radical (unpaired) electrons. The molecule has 0 atom stereocenters. The lowest BCUT2D eigenvalue weighted by Gasteiger charge is -2.24. The second-order valence-corrected chi connectivity index (χ2v) is 9.07. The number of ether oxygens (including phenoxy) is 2. The van der Waals surface area contributed by atoms with Crippen LogP contribution in [0.5, 0.6) is 11.5 Å². The predicted octanol–water partition coefficient (Wildman–Crippen LogP) is 8.43. The van der Waals surface area contributed by atoms with Gasteiger partial charge in [-0.05, 0) is 55.5 Å². The highest BCUT2D eigenvalue weighted by Gasteiger charge is 2.11. The van der Waals surface area contributed by atoms with Gasteiger partial charge in [-0.3, -0.25) is 4.79 Å². The van der Waals surface area contributed by atoms with Crippen LogP contribution in [0, 0.1) is 0 Å². The molecule has 0 heterocycles. The lowest BCUT2D eigenvalue weighted by atomic mass is 10.1. The first kappa shape index (κ1) is 28.5. The van der Waals surface area contributed by atoms with Crippen molar-refractivity contribution in [1.29, 1.82) is 0 Å². The Morgan fingerprint density at radius 2 is 1.20 bits per heavy atom. The fraction of sp³-hybridized carbons (Fsp3) is 0.516. The van der Waals surface area contributed by atoms with E-state index in [0.717, 1.165) is 61.9 Å². The normalized spacial score (nSPS) is 11.1. The van der Waals surface area contributed by atoms with Crippen LogP contribution < -0.4 is 14.4 Å². The lowest BCUT2D eigenvalue weighted by molar-refractivity contribution is 0.111. The van der Waals surface area contributed by atoms with Crippen molar-refractivity contribution in [3.8, 4) is 11.5 Å². The number of rotatable bonds is 18. The van der Waals surface area contributed by atoms with Crippen LogP contribution in [0.3, 0.4) is 0 Å². The van der Waals surface area contributed by atoms with Crippen molar-refractivity contribution in [3.63, 3.8) is 0 Å². The molecular formula is C31H45NO3. The van der Waals surface area contributed by atoms with Crippen LogP contribution >= 0.6 is 0 Å². The molecule has 0 saturated carbocycles. The van der Waals surface area contributed by atoms with E-state index < -0.39 is 0 Å². The van der Waals surface area contributed by atoms with E-state index in [1.165, 1.54) is 31.4 Å². The molecule has 0 aliphatic heterocycles. The van der Waals surface area contributed by atoms with Gasteiger partial charge in [-0.1, -0.05) is 77.7 Å². The smallest absolute Gasteiger partial charge is 0.153 e. The summed E-state index contributed by atoms with van der Waals surface area (Å²) in [4.78, 5) is 14.2. The SMILES string of the molecule is CCCCOc1cc(/C=C/c2ccc(N(CCCC)CCCC)cc2)c(OCCCC)cc1C=O. The molecule has 0 aromatic heterocycles. The molecule has 0 N–H and O–H groups in total. The number of aldehydes is 1. The molecular weight excluding hydrogens is 434 g/mol. The average Bonchev–Trinajstić information content (AvgIpc) is 2.89. The van der Waals surface area contributed by atoms with E-state index in [4.69, 9.17) is 9.47 Å². The summed E-state index contributed by atoms with van der Waals surface area (Å²) in [5.74, 6) is 1.34. The van der Waals surface area contributed by atoms with Gasteiger partial charge in [0.15, 0.2) is 6.29 Å². The van der Waals surface area contributed by atoms with Gasteiger partial charge >= 0.3 is 0 Å². The molecule has 0 spiro atoms. The summed E-state index contributed by atoms with van der Waals surface area (Å²) in [6.45, 7) is 12.2. The molecule has 0 amide bonds. The standard InChI is InChI=1S/C31H45NO3/c1-5-9-19-32(20-10-6-2)29-17-14-26(15-18-29)13-16-27-23-31(35-22-12-8-4)28(25-33)24-30(27)34-21-11-7-3/h13-18,23-25H,5-12,19-22H2,1-4H3/b16-13+. The highest BCUT2D eigenvalue weighted by Crippen LogP contribution is 2.30. The number of unbranched alkanes of at least 4 members (excludes halogenated alkanes) is 4. The van der Waals surface area contributed by atoms with E-state index in [1.54, 1.807) is 0 Å². The van der Waals surface area contributed by atoms with Crippen LogP contribution in [0.1, 0.15) is 101 Å². The Morgan fingerprint density at radius 3 is 1.71 bits per heavy atom. The van der Waals surface area contributed by atoms with E-state index >= 15 is 0 Å². The van der Waals surface area contributed by atoms with Gasteiger partial charge in [-0.15, -0.1) is 0 Å². The summed E-state index contributed by atoms with van der Waals surface area (Å²) >= 11 is 0. The third-order valence-electron chi connectivity index (χ3n) is 6.06. The predicted molar refractivity (Wildman–Crippen MR) is 150 cm³/mol. The third-order valence-corrected chi connectivity index (χ3v) is 6.06. The Labute approximate surface area is 213 Å². The molecule has 0 bridgehead atoms. The van der Waals surface area contributed by atoms with Crippen molar-refractivity contribution < 1.29 is 14.3 Å². The molecule has 2 aromatic rings. The summed E-state index contributed by atoms with van der Waals surface area (Å²) in [7, 11) is 0. The number of carbonyl (C=O) groups excluding carboxylic acids is 1. The zero-order valence-corrected chi connectivity index (χ0v) is 22.4. The zero-order chi connectivity index (χ0) is 25.3. The number of carbonyl (C=O) groups is 1. The van der Waals surface area contributed by atoms with Crippen molar-refractivity contribution in [2.24, 2.45) is 0 Å². The molecule has 0 unspecified atom stereocenters. The van der Waals surface area contributed by atoms with Gasteiger partial charge in [0.05, 0.1) is 18.8 Å². The van der Waals surface area contributed by atoms with Crippen molar-refractivity contribution in [1.82, 2.24) is 0 Å². The van der Waals surface area contributed by atoms with Gasteiger partial charge in [0, 0.05) is 24.3 Å². The molecule has 4 heteroatoms. The maximum absolute atomic E-state index is 11.7. The molecule has 0 aliphatic carbocycles. The Hall–Kier alpha value is -2.75. The van der Waals surface area contributed by atoms with Crippen molar-refractivity contribution >= 4 is 24.1 Å². The summed E-state index contributed by atoms with van der Waals surface area (Å²) in [6.07, 6.45) is 13.9. The molecule has 35 heavy (non-hydrogen) atoms. The number of hydrogen-bond donors (Lipinski definition) is 0. The monoisotopic (exact) mass is 479 g/mol. The highest BCUT2D eigenvalue weighted by molar-refractivity contribution is 5.83. The van der Waals surface area contributed by atoms with Crippen LogP contribution in [0.25, 0.3) is 12.2 Å². The molecule has 0 saturated heterocycles.